The van der Waals surface area contributed by atoms with Gasteiger partial charge in [0, 0.05) is 16.6 Å². The van der Waals surface area contributed by atoms with Gasteiger partial charge >= 0.3 is 0 Å². The van der Waals surface area contributed by atoms with Crippen LogP contribution in [0.1, 0.15) is 12.5 Å². The Kier molecular flexibility index (Phi) is 5.53. The number of likely N-dealkylation sites (N-methyl/N-ethyl adjacent to an activating group) is 1. The second-order valence-electron chi connectivity index (χ2n) is 5.85. The molecule has 0 atom stereocenters. The first-order valence-corrected chi connectivity index (χ1v) is 10.8. The fourth-order valence-electron chi connectivity index (χ4n) is 2.82. The van der Waals surface area contributed by atoms with Crippen LogP contribution in [-0.2, 0) is 14.8 Å². The Labute approximate surface area is 176 Å². The normalized spacial score (nSPS) is 15.0. The number of thiocarbonyl (C=S) groups is 1. The standard InChI is InChI=1S/C17H16BrN5O3S2/c1-2-22-14-7-6-10(18)8-13(14)15(16(22)24)21-23(17(19)27)11-4-3-5-12(9-11)28(20,25)26/h3-9H,2H2,1H3,(H2,19,27)(H2,20,25,26)/b21-15-. The van der Waals surface area contributed by atoms with Gasteiger partial charge in [-0.05, 0) is 55.5 Å². The van der Waals surface area contributed by atoms with Crippen LogP contribution >= 0.6 is 28.1 Å². The highest BCUT2D eigenvalue weighted by atomic mass is 79.9. The summed E-state index contributed by atoms with van der Waals surface area (Å²) in [5.41, 5.74) is 7.55. The van der Waals surface area contributed by atoms with E-state index in [4.69, 9.17) is 23.1 Å². The van der Waals surface area contributed by atoms with Crippen molar-refractivity contribution in [3.05, 3.63) is 52.5 Å². The van der Waals surface area contributed by atoms with Crippen LogP contribution in [0.2, 0.25) is 0 Å². The van der Waals surface area contributed by atoms with E-state index in [0.29, 0.717) is 12.1 Å². The number of hydrogen-bond donors (Lipinski definition) is 2. The highest BCUT2D eigenvalue weighted by molar-refractivity contribution is 9.10. The van der Waals surface area contributed by atoms with E-state index >= 15 is 0 Å². The predicted octanol–water partition coefficient (Wildman–Crippen LogP) is 1.92. The molecule has 3 rings (SSSR count). The smallest absolute Gasteiger partial charge is 0.279 e. The van der Waals surface area contributed by atoms with Crippen molar-refractivity contribution in [1.82, 2.24) is 0 Å². The van der Waals surface area contributed by atoms with Gasteiger partial charge in [-0.3, -0.25) is 4.79 Å². The second kappa shape index (κ2) is 7.59. The molecule has 1 aliphatic heterocycles. The van der Waals surface area contributed by atoms with Gasteiger partial charge in [-0.1, -0.05) is 22.0 Å². The molecule has 8 nitrogen and oxygen atoms in total. The molecule has 2 aromatic carbocycles. The first kappa shape index (κ1) is 20.4. The summed E-state index contributed by atoms with van der Waals surface area (Å²) in [6.07, 6.45) is 0. The first-order chi connectivity index (χ1) is 13.1. The number of carbonyl (C=O) groups is 1. The van der Waals surface area contributed by atoms with Crippen LogP contribution in [0.5, 0.6) is 0 Å². The maximum absolute atomic E-state index is 12.9. The summed E-state index contributed by atoms with van der Waals surface area (Å²) in [5, 5.41) is 10.5. The lowest BCUT2D eigenvalue weighted by molar-refractivity contribution is -0.112. The number of carbonyl (C=O) groups excluding carboxylic acids is 1. The minimum Gasteiger partial charge on any atom is -0.374 e. The Morgan fingerprint density at radius 2 is 2.00 bits per heavy atom. The van der Waals surface area contributed by atoms with Crippen LogP contribution in [0.15, 0.2) is 56.9 Å². The molecule has 146 valence electrons. The van der Waals surface area contributed by atoms with Gasteiger partial charge in [-0.25, -0.2) is 18.6 Å². The molecule has 0 saturated heterocycles. The molecule has 1 amide bonds. The Morgan fingerprint density at radius 3 is 2.61 bits per heavy atom. The molecule has 0 saturated carbocycles. The van der Waals surface area contributed by atoms with E-state index in [1.807, 2.05) is 19.1 Å². The minimum atomic E-state index is -3.93. The largest absolute Gasteiger partial charge is 0.374 e. The molecule has 11 heteroatoms. The van der Waals surface area contributed by atoms with Crippen molar-refractivity contribution in [2.45, 2.75) is 11.8 Å². The Morgan fingerprint density at radius 1 is 1.29 bits per heavy atom. The van der Waals surface area contributed by atoms with Crippen LogP contribution < -0.4 is 20.8 Å². The summed E-state index contributed by atoms with van der Waals surface area (Å²) in [6.45, 7) is 2.31. The molecule has 0 unspecified atom stereocenters. The number of sulfonamides is 1. The highest BCUT2D eigenvalue weighted by Gasteiger charge is 2.34. The van der Waals surface area contributed by atoms with Gasteiger partial charge in [-0.2, -0.15) is 5.10 Å². The van der Waals surface area contributed by atoms with Crippen molar-refractivity contribution >= 4 is 66.3 Å². The number of anilines is 2. The Balaban J connectivity index is 2.16. The van der Waals surface area contributed by atoms with E-state index in [1.165, 1.54) is 18.2 Å². The number of hydrogen-bond acceptors (Lipinski definition) is 5. The molecule has 0 radical (unpaired) electrons. The van der Waals surface area contributed by atoms with Crippen LogP contribution in [0, 0.1) is 0 Å². The number of amides is 1. The Hall–Kier alpha value is -2.34. The summed E-state index contributed by atoms with van der Waals surface area (Å²) in [6, 6.07) is 11.1. The molecule has 0 fully saturated rings. The molecule has 4 N–H and O–H groups in total. The number of hydrazone groups is 1. The number of fused-ring (bicyclic) bond motifs is 1. The van der Waals surface area contributed by atoms with E-state index in [2.05, 4.69) is 21.0 Å². The lowest BCUT2D eigenvalue weighted by atomic mass is 10.1. The third-order valence-electron chi connectivity index (χ3n) is 4.07. The fourth-order valence-corrected chi connectivity index (χ4v) is 3.88. The number of rotatable bonds is 4. The van der Waals surface area contributed by atoms with E-state index in [0.717, 1.165) is 15.2 Å². The van der Waals surface area contributed by atoms with E-state index in [9.17, 15) is 13.2 Å². The van der Waals surface area contributed by atoms with Crippen LogP contribution in [-0.4, -0.2) is 31.7 Å². The van der Waals surface area contributed by atoms with Crippen LogP contribution in [0.4, 0.5) is 11.4 Å². The quantitative estimate of drug-likeness (QED) is 0.507. The highest BCUT2D eigenvalue weighted by Crippen LogP contribution is 2.32. The number of nitrogens with two attached hydrogens (primary N) is 2. The zero-order chi connectivity index (χ0) is 20.6. The minimum absolute atomic E-state index is 0.123. The van der Waals surface area contributed by atoms with Gasteiger partial charge in [0.05, 0.1) is 16.3 Å². The van der Waals surface area contributed by atoms with Gasteiger partial charge in [0.15, 0.2) is 10.8 Å². The molecule has 28 heavy (non-hydrogen) atoms. The van der Waals surface area contributed by atoms with Crippen molar-refractivity contribution in [2.24, 2.45) is 16.0 Å². The van der Waals surface area contributed by atoms with E-state index in [-0.39, 0.29) is 27.3 Å². The zero-order valence-electron chi connectivity index (χ0n) is 14.7. The second-order valence-corrected chi connectivity index (χ2v) is 8.75. The maximum Gasteiger partial charge on any atom is 0.279 e. The lowest BCUT2D eigenvalue weighted by Gasteiger charge is -2.18. The molecule has 1 aliphatic rings. The molecule has 1 heterocycles. The van der Waals surface area contributed by atoms with Crippen molar-refractivity contribution in [3.8, 4) is 0 Å². The third kappa shape index (κ3) is 3.78. The van der Waals surface area contributed by atoms with Crippen molar-refractivity contribution in [2.75, 3.05) is 16.5 Å². The molecule has 2 aromatic rings. The lowest BCUT2D eigenvalue weighted by Crippen LogP contribution is -2.35. The Bertz CT molecular complexity index is 1120. The van der Waals surface area contributed by atoms with E-state index in [1.54, 1.807) is 17.0 Å². The zero-order valence-corrected chi connectivity index (χ0v) is 17.9. The molecular weight excluding hydrogens is 466 g/mol. The maximum atomic E-state index is 12.9. The van der Waals surface area contributed by atoms with Crippen molar-refractivity contribution in [3.63, 3.8) is 0 Å². The van der Waals surface area contributed by atoms with Gasteiger partial charge < -0.3 is 10.6 Å². The molecule has 0 aromatic heterocycles. The molecule has 0 bridgehead atoms. The van der Waals surface area contributed by atoms with Gasteiger partial charge in [0.2, 0.25) is 10.0 Å². The summed E-state index contributed by atoms with van der Waals surface area (Å²) in [7, 11) is -3.93. The molecular formula is C17H16BrN5O3S2. The molecule has 0 spiro atoms. The van der Waals surface area contributed by atoms with Gasteiger partial charge in [-0.15, -0.1) is 0 Å². The monoisotopic (exact) mass is 481 g/mol. The predicted molar refractivity (Wildman–Crippen MR) is 116 cm³/mol. The van der Waals surface area contributed by atoms with Crippen LogP contribution in [0.25, 0.3) is 0 Å². The van der Waals surface area contributed by atoms with E-state index < -0.39 is 10.0 Å². The van der Waals surface area contributed by atoms with Gasteiger partial charge in [0.1, 0.15) is 0 Å². The number of primary sulfonamides is 1. The number of benzene rings is 2. The van der Waals surface area contributed by atoms with Crippen LogP contribution in [0.3, 0.4) is 0 Å². The summed E-state index contributed by atoms with van der Waals surface area (Å²) in [5.74, 6) is -0.306. The number of halogens is 1. The number of nitrogens with zero attached hydrogens (tertiary/aromatic N) is 3. The summed E-state index contributed by atoms with van der Waals surface area (Å²) in [4.78, 5) is 14.3. The SMILES string of the molecule is CCN1C(=O)/C(=N\N(C(N)=S)c2cccc(S(N)(=O)=O)c2)c2cc(Br)ccc21. The summed E-state index contributed by atoms with van der Waals surface area (Å²) >= 11 is 8.47. The first-order valence-electron chi connectivity index (χ1n) is 8.06. The van der Waals surface area contributed by atoms with Crippen molar-refractivity contribution < 1.29 is 13.2 Å². The topological polar surface area (TPSA) is 122 Å². The average Bonchev–Trinajstić information content (AvgIpc) is 2.89. The van der Waals surface area contributed by atoms with Gasteiger partial charge in [0.25, 0.3) is 5.91 Å². The fraction of sp³-hybridized carbons (Fsp3) is 0.118. The van der Waals surface area contributed by atoms with Crippen molar-refractivity contribution in [1.29, 1.82) is 0 Å². The third-order valence-corrected chi connectivity index (χ3v) is 5.65. The molecule has 0 aliphatic carbocycles. The average molecular weight is 482 g/mol. The summed E-state index contributed by atoms with van der Waals surface area (Å²) < 4.78 is 24.1.